The molecule has 1 N–H and O–H groups in total. The van der Waals surface area contributed by atoms with Crippen LogP contribution in [-0.4, -0.2) is 24.0 Å². The molecule has 0 aliphatic heterocycles. The SMILES string of the molecule is COC(=O)c1ccccc1[C@H](C)NC(=O)c1cc(F)cnc1COc1ccc(Cl)cc1. The fraction of sp³-hybridized carbons (Fsp3) is 0.174. The van der Waals surface area contributed by atoms with Gasteiger partial charge < -0.3 is 14.8 Å². The first-order valence-corrected chi connectivity index (χ1v) is 9.77. The van der Waals surface area contributed by atoms with Crippen LogP contribution in [0.25, 0.3) is 0 Å². The molecule has 0 bridgehead atoms. The third-order valence-electron chi connectivity index (χ3n) is 4.55. The van der Waals surface area contributed by atoms with Crippen LogP contribution in [0.2, 0.25) is 5.02 Å². The highest BCUT2D eigenvalue weighted by Gasteiger charge is 2.21. The van der Waals surface area contributed by atoms with Crippen LogP contribution in [0.15, 0.2) is 60.8 Å². The van der Waals surface area contributed by atoms with Crippen LogP contribution in [0.4, 0.5) is 4.39 Å². The molecule has 0 spiro atoms. The minimum absolute atomic E-state index is 0.0383. The fourth-order valence-electron chi connectivity index (χ4n) is 2.98. The Labute approximate surface area is 184 Å². The number of hydrogen-bond acceptors (Lipinski definition) is 5. The number of carbonyl (C=O) groups excluding carboxylic acids is 2. The van der Waals surface area contributed by atoms with Crippen LogP contribution in [0, 0.1) is 5.82 Å². The van der Waals surface area contributed by atoms with E-state index in [4.69, 9.17) is 21.1 Å². The van der Waals surface area contributed by atoms with E-state index in [1.54, 1.807) is 55.5 Å². The van der Waals surface area contributed by atoms with E-state index in [1.165, 1.54) is 7.11 Å². The van der Waals surface area contributed by atoms with Gasteiger partial charge in [0, 0.05) is 5.02 Å². The van der Waals surface area contributed by atoms with E-state index in [0.717, 1.165) is 12.3 Å². The Bertz CT molecular complexity index is 1090. The van der Waals surface area contributed by atoms with E-state index < -0.39 is 23.7 Å². The zero-order valence-corrected chi connectivity index (χ0v) is 17.7. The highest BCUT2D eigenvalue weighted by Crippen LogP contribution is 2.21. The molecule has 0 aliphatic rings. The standard InChI is InChI=1S/C23H20ClFN2O4/c1-14(18-5-3-4-6-19(18)23(29)30-2)27-22(28)20-11-16(25)12-26-21(20)13-31-17-9-7-15(24)8-10-17/h3-12,14H,13H2,1-2H3,(H,27,28)/t14-/m0/s1. The number of amides is 1. The normalized spacial score (nSPS) is 11.5. The van der Waals surface area contributed by atoms with Gasteiger partial charge in [0.15, 0.2) is 0 Å². The number of methoxy groups -OCH3 is 1. The first-order valence-electron chi connectivity index (χ1n) is 9.40. The van der Waals surface area contributed by atoms with Crippen molar-refractivity contribution in [1.82, 2.24) is 10.3 Å². The Balaban J connectivity index is 1.79. The zero-order valence-electron chi connectivity index (χ0n) is 16.9. The first-order chi connectivity index (χ1) is 14.9. The maximum absolute atomic E-state index is 13.8. The van der Waals surface area contributed by atoms with Crippen LogP contribution >= 0.6 is 11.6 Å². The number of benzene rings is 2. The summed E-state index contributed by atoms with van der Waals surface area (Å²) in [5, 5.41) is 3.34. The molecule has 1 aromatic heterocycles. The molecule has 2 aromatic carbocycles. The zero-order chi connectivity index (χ0) is 22.4. The Morgan fingerprint density at radius 1 is 1.13 bits per heavy atom. The number of hydrogen-bond donors (Lipinski definition) is 1. The summed E-state index contributed by atoms with van der Waals surface area (Å²) in [6.45, 7) is 1.67. The molecular weight excluding hydrogens is 423 g/mol. The molecule has 8 heteroatoms. The Kier molecular flexibility index (Phi) is 7.20. The number of nitrogens with zero attached hydrogens (tertiary/aromatic N) is 1. The van der Waals surface area contributed by atoms with Crippen molar-refractivity contribution in [2.75, 3.05) is 7.11 Å². The highest BCUT2D eigenvalue weighted by molar-refractivity contribution is 6.30. The third-order valence-corrected chi connectivity index (χ3v) is 4.80. The van der Waals surface area contributed by atoms with Gasteiger partial charge in [-0.25, -0.2) is 9.18 Å². The molecule has 1 amide bonds. The third kappa shape index (κ3) is 5.58. The predicted octanol–water partition coefficient (Wildman–Crippen LogP) is 4.73. The van der Waals surface area contributed by atoms with Gasteiger partial charge in [-0.15, -0.1) is 0 Å². The van der Waals surface area contributed by atoms with Crippen LogP contribution in [0.1, 0.15) is 44.9 Å². The summed E-state index contributed by atoms with van der Waals surface area (Å²) in [5.74, 6) is -1.18. The van der Waals surface area contributed by atoms with Gasteiger partial charge in [0.25, 0.3) is 5.91 Å². The molecule has 3 rings (SSSR count). The van der Waals surface area contributed by atoms with E-state index in [2.05, 4.69) is 10.3 Å². The maximum Gasteiger partial charge on any atom is 0.338 e. The number of rotatable bonds is 7. The van der Waals surface area contributed by atoms with Gasteiger partial charge >= 0.3 is 5.97 Å². The summed E-state index contributed by atoms with van der Waals surface area (Å²) in [5.41, 5.74) is 1.21. The maximum atomic E-state index is 13.8. The second-order valence-electron chi connectivity index (χ2n) is 6.66. The molecule has 1 heterocycles. The number of pyridine rings is 1. The summed E-state index contributed by atoms with van der Waals surface area (Å²) >= 11 is 5.86. The molecule has 0 saturated carbocycles. The van der Waals surface area contributed by atoms with Crippen molar-refractivity contribution >= 4 is 23.5 Å². The second kappa shape index (κ2) is 10.0. The molecule has 6 nitrogen and oxygen atoms in total. The van der Waals surface area contributed by atoms with Gasteiger partial charge in [0.2, 0.25) is 0 Å². The topological polar surface area (TPSA) is 77.5 Å². The summed E-state index contributed by atoms with van der Waals surface area (Å²) in [6.07, 6.45) is 1.02. The quantitative estimate of drug-likeness (QED) is 0.535. The first kappa shape index (κ1) is 22.2. The monoisotopic (exact) mass is 442 g/mol. The number of halogens is 2. The van der Waals surface area contributed by atoms with Crippen molar-refractivity contribution in [3.63, 3.8) is 0 Å². The minimum Gasteiger partial charge on any atom is -0.487 e. The lowest BCUT2D eigenvalue weighted by Crippen LogP contribution is -2.29. The highest BCUT2D eigenvalue weighted by atomic mass is 35.5. The average Bonchev–Trinajstić information content (AvgIpc) is 2.78. The average molecular weight is 443 g/mol. The van der Waals surface area contributed by atoms with E-state index in [9.17, 15) is 14.0 Å². The molecule has 3 aromatic rings. The molecule has 0 radical (unpaired) electrons. The molecule has 1 atom stereocenters. The Hall–Kier alpha value is -3.45. The van der Waals surface area contributed by atoms with Gasteiger partial charge in [-0.2, -0.15) is 0 Å². The number of carbonyl (C=O) groups is 2. The van der Waals surface area contributed by atoms with E-state index in [1.807, 2.05) is 0 Å². The number of ether oxygens (including phenoxy) is 2. The predicted molar refractivity (Wildman–Crippen MR) is 114 cm³/mol. The number of esters is 1. The number of nitrogens with one attached hydrogen (secondary N) is 1. The van der Waals surface area contributed by atoms with Crippen molar-refractivity contribution in [3.05, 3.63) is 94.0 Å². The molecule has 160 valence electrons. The van der Waals surface area contributed by atoms with Crippen LogP contribution < -0.4 is 10.1 Å². The van der Waals surface area contributed by atoms with Gasteiger partial charge in [0.05, 0.1) is 36.2 Å². The summed E-state index contributed by atoms with van der Waals surface area (Å²) in [6, 6.07) is 14.0. The van der Waals surface area contributed by atoms with Crippen LogP contribution in [0.5, 0.6) is 5.75 Å². The minimum atomic E-state index is -0.650. The van der Waals surface area contributed by atoms with Crippen molar-refractivity contribution in [2.45, 2.75) is 19.6 Å². The van der Waals surface area contributed by atoms with Crippen LogP contribution in [0.3, 0.4) is 0 Å². The van der Waals surface area contributed by atoms with Gasteiger partial charge in [-0.05, 0) is 48.9 Å². The Morgan fingerprint density at radius 3 is 2.55 bits per heavy atom. The summed E-state index contributed by atoms with van der Waals surface area (Å²) in [7, 11) is 1.29. The van der Waals surface area contributed by atoms with Gasteiger partial charge in [-0.1, -0.05) is 29.8 Å². The van der Waals surface area contributed by atoms with Gasteiger partial charge in [-0.3, -0.25) is 9.78 Å². The second-order valence-corrected chi connectivity index (χ2v) is 7.10. The van der Waals surface area contributed by atoms with Crippen molar-refractivity contribution in [1.29, 1.82) is 0 Å². The van der Waals surface area contributed by atoms with E-state index in [-0.39, 0.29) is 17.9 Å². The van der Waals surface area contributed by atoms with E-state index in [0.29, 0.717) is 21.9 Å². The lowest BCUT2D eigenvalue weighted by atomic mass is 10.0. The van der Waals surface area contributed by atoms with Crippen molar-refractivity contribution in [3.8, 4) is 5.75 Å². The van der Waals surface area contributed by atoms with Crippen molar-refractivity contribution < 1.29 is 23.5 Å². The number of aromatic nitrogens is 1. The lowest BCUT2D eigenvalue weighted by molar-refractivity contribution is 0.0597. The summed E-state index contributed by atoms with van der Waals surface area (Å²) in [4.78, 5) is 28.9. The van der Waals surface area contributed by atoms with Gasteiger partial charge in [0.1, 0.15) is 18.2 Å². The van der Waals surface area contributed by atoms with E-state index >= 15 is 0 Å². The molecule has 0 fully saturated rings. The largest absolute Gasteiger partial charge is 0.487 e. The molecule has 0 unspecified atom stereocenters. The summed E-state index contributed by atoms with van der Waals surface area (Å²) < 4.78 is 24.3. The van der Waals surface area contributed by atoms with Crippen LogP contribution in [-0.2, 0) is 11.3 Å². The molecular formula is C23H20ClFN2O4. The molecule has 0 aliphatic carbocycles. The lowest BCUT2D eigenvalue weighted by Gasteiger charge is -2.18. The fourth-order valence-corrected chi connectivity index (χ4v) is 3.11. The molecule has 0 saturated heterocycles. The Morgan fingerprint density at radius 2 is 1.84 bits per heavy atom. The van der Waals surface area contributed by atoms with Crippen molar-refractivity contribution in [2.24, 2.45) is 0 Å². The molecule has 31 heavy (non-hydrogen) atoms. The smallest absolute Gasteiger partial charge is 0.338 e.